The molecule has 0 bridgehead atoms. The summed E-state index contributed by atoms with van der Waals surface area (Å²) in [7, 11) is 0. The number of aliphatic hydroxyl groups excluding tert-OH is 1. The first-order valence-corrected chi connectivity index (χ1v) is 5.58. The van der Waals surface area contributed by atoms with Gasteiger partial charge in [0, 0.05) is 11.8 Å². The van der Waals surface area contributed by atoms with E-state index in [1.807, 2.05) is 0 Å². The van der Waals surface area contributed by atoms with E-state index >= 15 is 0 Å². The number of nitrogens with zero attached hydrogens (tertiary/aromatic N) is 1. The van der Waals surface area contributed by atoms with Crippen LogP contribution in [0.25, 0.3) is 0 Å². The molecule has 3 nitrogen and oxygen atoms in total. The second kappa shape index (κ2) is 4.72. The minimum atomic E-state index is -0.468. The van der Waals surface area contributed by atoms with Gasteiger partial charge in [-0.1, -0.05) is 6.07 Å². The maximum Gasteiger partial charge on any atom is 0.165 e. The fourth-order valence-electron chi connectivity index (χ4n) is 1.71. The Morgan fingerprint density at radius 1 is 1.47 bits per heavy atom. The van der Waals surface area contributed by atoms with E-state index in [4.69, 9.17) is 15.1 Å². The van der Waals surface area contributed by atoms with E-state index in [1.54, 1.807) is 6.07 Å². The number of ether oxygens (including phenoxy) is 1. The van der Waals surface area contributed by atoms with Crippen LogP contribution in [-0.2, 0) is 6.61 Å². The maximum absolute atomic E-state index is 13.5. The molecule has 0 aliphatic heterocycles. The molecule has 90 valence electrons. The molecule has 1 N–H and O–H groups in total. The molecule has 2 rings (SSSR count). The molecule has 4 heteroatoms. The van der Waals surface area contributed by atoms with Gasteiger partial charge in [0.25, 0.3) is 0 Å². The van der Waals surface area contributed by atoms with Crippen LogP contribution in [0.5, 0.6) is 5.75 Å². The predicted molar refractivity (Wildman–Crippen MR) is 59.7 cm³/mol. The van der Waals surface area contributed by atoms with Crippen LogP contribution in [0.1, 0.15) is 24.8 Å². The lowest BCUT2D eigenvalue weighted by Gasteiger charge is -2.13. The third kappa shape index (κ3) is 2.75. The lowest BCUT2D eigenvalue weighted by Crippen LogP contribution is -2.13. The van der Waals surface area contributed by atoms with Gasteiger partial charge in [-0.15, -0.1) is 0 Å². The number of hydrogen-bond acceptors (Lipinski definition) is 3. The first-order chi connectivity index (χ1) is 8.19. The summed E-state index contributed by atoms with van der Waals surface area (Å²) in [5, 5.41) is 17.5. The molecule has 1 aliphatic carbocycles. The third-order valence-corrected chi connectivity index (χ3v) is 3.12. The number of benzene rings is 1. The highest BCUT2D eigenvalue weighted by Gasteiger charge is 2.43. The summed E-state index contributed by atoms with van der Waals surface area (Å²) in [4.78, 5) is 0. The Kier molecular flexibility index (Phi) is 3.30. The summed E-state index contributed by atoms with van der Waals surface area (Å²) in [5.74, 6) is -0.282. The second-order valence-electron chi connectivity index (χ2n) is 4.55. The van der Waals surface area contributed by atoms with Gasteiger partial charge >= 0.3 is 0 Å². The SMILES string of the molecule is N#CCC1(COc2ccc(CO)cc2F)CC1. The van der Waals surface area contributed by atoms with Gasteiger partial charge in [-0.3, -0.25) is 0 Å². The summed E-state index contributed by atoms with van der Waals surface area (Å²) < 4.78 is 18.9. The number of rotatable bonds is 5. The fourth-order valence-corrected chi connectivity index (χ4v) is 1.71. The van der Waals surface area contributed by atoms with Gasteiger partial charge in [0.15, 0.2) is 11.6 Å². The molecule has 0 saturated heterocycles. The Balaban J connectivity index is 1.98. The van der Waals surface area contributed by atoms with Gasteiger partial charge in [-0.2, -0.15) is 5.26 Å². The van der Waals surface area contributed by atoms with Gasteiger partial charge in [0.2, 0.25) is 0 Å². The molecular weight excluding hydrogens is 221 g/mol. The highest BCUT2D eigenvalue weighted by atomic mass is 19.1. The van der Waals surface area contributed by atoms with Crippen LogP contribution in [0.15, 0.2) is 18.2 Å². The third-order valence-electron chi connectivity index (χ3n) is 3.12. The van der Waals surface area contributed by atoms with Crippen molar-refractivity contribution in [3.63, 3.8) is 0 Å². The summed E-state index contributed by atoms with van der Waals surface area (Å²) >= 11 is 0. The van der Waals surface area contributed by atoms with Gasteiger partial charge in [-0.05, 0) is 30.5 Å². The van der Waals surface area contributed by atoms with Crippen LogP contribution in [0.2, 0.25) is 0 Å². The lowest BCUT2D eigenvalue weighted by atomic mass is 10.1. The molecule has 0 radical (unpaired) electrons. The zero-order valence-corrected chi connectivity index (χ0v) is 9.45. The van der Waals surface area contributed by atoms with E-state index in [-0.39, 0.29) is 17.8 Å². The monoisotopic (exact) mass is 235 g/mol. The van der Waals surface area contributed by atoms with E-state index in [2.05, 4.69) is 6.07 Å². The number of hydrogen-bond donors (Lipinski definition) is 1. The first-order valence-electron chi connectivity index (χ1n) is 5.58. The smallest absolute Gasteiger partial charge is 0.165 e. The zero-order valence-electron chi connectivity index (χ0n) is 9.45. The van der Waals surface area contributed by atoms with Gasteiger partial charge in [-0.25, -0.2) is 4.39 Å². The molecule has 0 spiro atoms. The van der Waals surface area contributed by atoms with Crippen LogP contribution < -0.4 is 4.74 Å². The Hall–Kier alpha value is -1.60. The average Bonchev–Trinajstić information content (AvgIpc) is 3.08. The Morgan fingerprint density at radius 2 is 2.24 bits per heavy atom. The van der Waals surface area contributed by atoms with Gasteiger partial charge < -0.3 is 9.84 Å². The van der Waals surface area contributed by atoms with Crippen LogP contribution >= 0.6 is 0 Å². The maximum atomic E-state index is 13.5. The van der Waals surface area contributed by atoms with E-state index < -0.39 is 5.82 Å². The quantitative estimate of drug-likeness (QED) is 0.852. The Labute approximate surface area is 99.4 Å². The molecule has 0 heterocycles. The van der Waals surface area contributed by atoms with Crippen molar-refractivity contribution in [2.24, 2.45) is 5.41 Å². The van der Waals surface area contributed by atoms with Crippen molar-refractivity contribution >= 4 is 0 Å². The van der Waals surface area contributed by atoms with Gasteiger partial charge in [0.05, 0.1) is 19.3 Å². The molecule has 1 saturated carbocycles. The number of halogens is 1. The van der Waals surface area contributed by atoms with Crippen molar-refractivity contribution in [3.05, 3.63) is 29.6 Å². The normalized spacial score (nSPS) is 16.3. The molecule has 1 fully saturated rings. The summed E-state index contributed by atoms with van der Waals surface area (Å²) in [5.41, 5.74) is 0.463. The number of aliphatic hydroxyl groups is 1. The Bertz CT molecular complexity index is 449. The molecule has 0 atom stereocenters. The molecule has 0 aromatic heterocycles. The molecule has 1 aromatic rings. The molecule has 1 aliphatic rings. The van der Waals surface area contributed by atoms with Crippen molar-refractivity contribution < 1.29 is 14.2 Å². The van der Waals surface area contributed by atoms with Crippen molar-refractivity contribution in [3.8, 4) is 11.8 Å². The van der Waals surface area contributed by atoms with Crippen LogP contribution in [-0.4, -0.2) is 11.7 Å². The van der Waals surface area contributed by atoms with Crippen molar-refractivity contribution in [1.82, 2.24) is 0 Å². The summed E-state index contributed by atoms with van der Waals surface area (Å²) in [6.45, 7) is 0.200. The van der Waals surface area contributed by atoms with Crippen molar-refractivity contribution in [2.45, 2.75) is 25.9 Å². The van der Waals surface area contributed by atoms with Gasteiger partial charge in [0.1, 0.15) is 0 Å². The largest absolute Gasteiger partial charge is 0.490 e. The van der Waals surface area contributed by atoms with Crippen LogP contribution in [0, 0.1) is 22.6 Å². The van der Waals surface area contributed by atoms with E-state index in [9.17, 15) is 4.39 Å². The highest BCUT2D eigenvalue weighted by Crippen LogP contribution is 2.48. The second-order valence-corrected chi connectivity index (χ2v) is 4.55. The molecule has 1 aromatic carbocycles. The van der Waals surface area contributed by atoms with Crippen molar-refractivity contribution in [1.29, 1.82) is 5.26 Å². The minimum Gasteiger partial charge on any atom is -0.490 e. The van der Waals surface area contributed by atoms with E-state index in [1.165, 1.54) is 12.1 Å². The van der Waals surface area contributed by atoms with Crippen LogP contribution in [0.4, 0.5) is 4.39 Å². The topological polar surface area (TPSA) is 53.2 Å². The highest BCUT2D eigenvalue weighted by molar-refractivity contribution is 5.29. The molecular formula is C13H14FNO2. The van der Waals surface area contributed by atoms with E-state index in [0.717, 1.165) is 12.8 Å². The van der Waals surface area contributed by atoms with E-state index in [0.29, 0.717) is 18.6 Å². The number of nitriles is 1. The average molecular weight is 235 g/mol. The minimum absolute atomic E-state index is 0.0587. The zero-order chi connectivity index (χ0) is 12.3. The lowest BCUT2D eigenvalue weighted by molar-refractivity contribution is 0.227. The molecule has 0 amide bonds. The molecule has 17 heavy (non-hydrogen) atoms. The Morgan fingerprint density at radius 3 is 2.76 bits per heavy atom. The van der Waals surface area contributed by atoms with Crippen molar-refractivity contribution in [2.75, 3.05) is 6.61 Å². The van der Waals surface area contributed by atoms with Crippen LogP contribution in [0.3, 0.4) is 0 Å². The fraction of sp³-hybridized carbons (Fsp3) is 0.462. The predicted octanol–water partition coefficient (Wildman–Crippen LogP) is 2.39. The standard InChI is InChI=1S/C13H14FNO2/c14-11-7-10(8-16)1-2-12(11)17-9-13(3-4-13)5-6-15/h1-2,7,16H,3-5,8-9H2. The summed E-state index contributed by atoms with van der Waals surface area (Å²) in [6.07, 6.45) is 2.40. The molecule has 0 unspecified atom stereocenters. The first kappa shape index (κ1) is 11.9. The summed E-state index contributed by atoms with van der Waals surface area (Å²) in [6, 6.07) is 6.54.